The number of hydrogen-bond donors (Lipinski definition) is 1. The van der Waals surface area contributed by atoms with Crippen LogP contribution in [0.3, 0.4) is 0 Å². The van der Waals surface area contributed by atoms with E-state index in [2.05, 4.69) is 21.2 Å². The monoisotopic (exact) mass is 363 g/mol. The SMILES string of the molecule is CCOc1ccc(C(=O)Nc2ccc(C)cc2Br)cc1OC. The Bertz CT molecular complexity index is 686. The van der Waals surface area contributed by atoms with Crippen molar-refractivity contribution in [3.63, 3.8) is 0 Å². The van der Waals surface area contributed by atoms with Gasteiger partial charge < -0.3 is 14.8 Å². The maximum Gasteiger partial charge on any atom is 0.255 e. The van der Waals surface area contributed by atoms with Gasteiger partial charge in [-0.1, -0.05) is 6.07 Å². The van der Waals surface area contributed by atoms with Crippen molar-refractivity contribution < 1.29 is 14.3 Å². The Morgan fingerprint density at radius 1 is 1.18 bits per heavy atom. The molecule has 2 aromatic rings. The van der Waals surface area contributed by atoms with E-state index in [1.807, 2.05) is 32.0 Å². The third-order valence-corrected chi connectivity index (χ3v) is 3.75. The first-order valence-corrected chi connectivity index (χ1v) is 7.72. The van der Waals surface area contributed by atoms with E-state index in [9.17, 15) is 4.79 Å². The summed E-state index contributed by atoms with van der Waals surface area (Å²) in [6.07, 6.45) is 0. The zero-order valence-corrected chi connectivity index (χ0v) is 14.4. The summed E-state index contributed by atoms with van der Waals surface area (Å²) in [6, 6.07) is 10.9. The quantitative estimate of drug-likeness (QED) is 0.855. The van der Waals surface area contributed by atoms with Crippen molar-refractivity contribution in [2.75, 3.05) is 19.0 Å². The lowest BCUT2D eigenvalue weighted by Gasteiger charge is -2.12. The lowest BCUT2D eigenvalue weighted by molar-refractivity contribution is 0.102. The van der Waals surface area contributed by atoms with Crippen molar-refractivity contribution in [3.05, 3.63) is 52.0 Å². The number of rotatable bonds is 5. The maximum absolute atomic E-state index is 12.4. The molecule has 22 heavy (non-hydrogen) atoms. The van der Waals surface area contributed by atoms with Gasteiger partial charge in [-0.3, -0.25) is 4.79 Å². The zero-order chi connectivity index (χ0) is 16.1. The molecular formula is C17H18BrNO3. The topological polar surface area (TPSA) is 47.6 Å². The van der Waals surface area contributed by atoms with Gasteiger partial charge in [0.25, 0.3) is 5.91 Å². The molecule has 0 saturated heterocycles. The number of hydrogen-bond acceptors (Lipinski definition) is 3. The van der Waals surface area contributed by atoms with Crippen LogP contribution in [0, 0.1) is 6.92 Å². The minimum absolute atomic E-state index is 0.203. The molecule has 0 unspecified atom stereocenters. The Morgan fingerprint density at radius 2 is 1.95 bits per heavy atom. The smallest absolute Gasteiger partial charge is 0.255 e. The molecule has 0 spiro atoms. The number of benzene rings is 2. The summed E-state index contributed by atoms with van der Waals surface area (Å²) < 4.78 is 11.6. The molecule has 0 fully saturated rings. The van der Waals surface area contributed by atoms with Gasteiger partial charge in [-0.25, -0.2) is 0 Å². The number of halogens is 1. The highest BCUT2D eigenvalue weighted by Crippen LogP contribution is 2.29. The fourth-order valence-corrected chi connectivity index (χ4v) is 2.59. The highest BCUT2D eigenvalue weighted by Gasteiger charge is 2.12. The van der Waals surface area contributed by atoms with E-state index < -0.39 is 0 Å². The van der Waals surface area contributed by atoms with Crippen molar-refractivity contribution in [3.8, 4) is 11.5 Å². The third kappa shape index (κ3) is 3.80. The first-order valence-electron chi connectivity index (χ1n) is 6.93. The number of carbonyl (C=O) groups is 1. The molecule has 0 saturated carbocycles. The minimum Gasteiger partial charge on any atom is -0.493 e. The molecule has 0 heterocycles. The van der Waals surface area contributed by atoms with Crippen molar-refractivity contribution in [1.82, 2.24) is 0 Å². The van der Waals surface area contributed by atoms with E-state index in [1.54, 1.807) is 25.3 Å². The van der Waals surface area contributed by atoms with Gasteiger partial charge in [0.05, 0.1) is 19.4 Å². The molecule has 4 nitrogen and oxygen atoms in total. The van der Waals surface area contributed by atoms with Gasteiger partial charge >= 0.3 is 0 Å². The predicted molar refractivity (Wildman–Crippen MR) is 91.0 cm³/mol. The molecule has 1 amide bonds. The third-order valence-electron chi connectivity index (χ3n) is 3.10. The molecule has 5 heteroatoms. The molecule has 0 aliphatic rings. The number of nitrogens with one attached hydrogen (secondary N) is 1. The number of anilines is 1. The number of methoxy groups -OCH3 is 1. The Hall–Kier alpha value is -2.01. The fourth-order valence-electron chi connectivity index (χ4n) is 2.00. The van der Waals surface area contributed by atoms with Gasteiger partial charge in [0.1, 0.15) is 0 Å². The summed E-state index contributed by atoms with van der Waals surface area (Å²) in [4.78, 5) is 12.4. The lowest BCUT2D eigenvalue weighted by atomic mass is 10.1. The molecule has 0 radical (unpaired) electrons. The summed E-state index contributed by atoms with van der Waals surface area (Å²) in [6.45, 7) is 4.43. The largest absolute Gasteiger partial charge is 0.493 e. The standard InChI is InChI=1S/C17H18BrNO3/c1-4-22-15-8-6-12(10-16(15)21-3)17(20)19-14-7-5-11(2)9-13(14)18/h5-10H,4H2,1-3H3,(H,19,20). The summed E-state index contributed by atoms with van der Waals surface area (Å²) in [5, 5.41) is 2.87. The summed E-state index contributed by atoms with van der Waals surface area (Å²) >= 11 is 3.45. The van der Waals surface area contributed by atoms with Crippen molar-refractivity contribution in [2.45, 2.75) is 13.8 Å². The van der Waals surface area contributed by atoms with Crippen molar-refractivity contribution >= 4 is 27.5 Å². The molecule has 0 aliphatic heterocycles. The van der Waals surface area contributed by atoms with Crippen LogP contribution in [0.25, 0.3) is 0 Å². The second-order valence-electron chi connectivity index (χ2n) is 4.74. The molecule has 0 aliphatic carbocycles. The number of amides is 1. The highest BCUT2D eigenvalue weighted by atomic mass is 79.9. The molecular weight excluding hydrogens is 346 g/mol. The van der Waals surface area contributed by atoms with Gasteiger partial charge in [0.2, 0.25) is 0 Å². The van der Waals surface area contributed by atoms with Gasteiger partial charge in [-0.15, -0.1) is 0 Å². The van der Waals surface area contributed by atoms with E-state index in [1.165, 1.54) is 0 Å². The average molecular weight is 364 g/mol. The lowest BCUT2D eigenvalue weighted by Crippen LogP contribution is -2.12. The molecule has 0 aromatic heterocycles. The Labute approximate surface area is 138 Å². The summed E-state index contributed by atoms with van der Waals surface area (Å²) in [5.74, 6) is 0.960. The number of ether oxygens (including phenoxy) is 2. The van der Waals surface area contributed by atoms with E-state index in [-0.39, 0.29) is 5.91 Å². The van der Waals surface area contributed by atoms with Crippen LogP contribution >= 0.6 is 15.9 Å². The van der Waals surface area contributed by atoms with Crippen LogP contribution in [0.15, 0.2) is 40.9 Å². The molecule has 2 rings (SSSR count). The Morgan fingerprint density at radius 3 is 2.59 bits per heavy atom. The molecule has 2 aromatic carbocycles. The number of carbonyl (C=O) groups excluding carboxylic acids is 1. The number of aryl methyl sites for hydroxylation is 1. The van der Waals surface area contributed by atoms with Gasteiger partial charge in [-0.2, -0.15) is 0 Å². The molecule has 0 bridgehead atoms. The highest BCUT2D eigenvalue weighted by molar-refractivity contribution is 9.10. The second kappa shape index (κ2) is 7.31. The fraction of sp³-hybridized carbons (Fsp3) is 0.235. The first kappa shape index (κ1) is 16.4. The predicted octanol–water partition coefficient (Wildman–Crippen LogP) is 4.42. The van der Waals surface area contributed by atoms with Crippen molar-refractivity contribution in [2.24, 2.45) is 0 Å². The van der Waals surface area contributed by atoms with E-state index >= 15 is 0 Å². The second-order valence-corrected chi connectivity index (χ2v) is 5.59. The van der Waals surface area contributed by atoms with Gasteiger partial charge in [-0.05, 0) is 65.7 Å². The molecule has 0 atom stereocenters. The van der Waals surface area contributed by atoms with Crippen LogP contribution in [0.5, 0.6) is 11.5 Å². The van der Waals surface area contributed by atoms with E-state index in [0.717, 1.165) is 15.7 Å². The Balaban J connectivity index is 2.22. The summed E-state index contributed by atoms with van der Waals surface area (Å²) in [5.41, 5.74) is 2.35. The van der Waals surface area contributed by atoms with Crippen LogP contribution in [-0.2, 0) is 0 Å². The zero-order valence-electron chi connectivity index (χ0n) is 12.8. The van der Waals surface area contributed by atoms with Gasteiger partial charge in [0, 0.05) is 10.0 Å². The summed E-state index contributed by atoms with van der Waals surface area (Å²) in [7, 11) is 1.55. The Kier molecular flexibility index (Phi) is 5.44. The van der Waals surface area contributed by atoms with E-state index in [0.29, 0.717) is 23.7 Å². The van der Waals surface area contributed by atoms with Crippen molar-refractivity contribution in [1.29, 1.82) is 0 Å². The normalized spacial score (nSPS) is 10.2. The van der Waals surface area contributed by atoms with Crippen LogP contribution in [-0.4, -0.2) is 19.6 Å². The van der Waals surface area contributed by atoms with Crippen LogP contribution in [0.2, 0.25) is 0 Å². The van der Waals surface area contributed by atoms with Gasteiger partial charge in [0.15, 0.2) is 11.5 Å². The minimum atomic E-state index is -0.203. The molecule has 116 valence electrons. The van der Waals surface area contributed by atoms with Crippen LogP contribution < -0.4 is 14.8 Å². The molecule has 1 N–H and O–H groups in total. The first-order chi connectivity index (χ1) is 10.5. The van der Waals surface area contributed by atoms with Crippen LogP contribution in [0.1, 0.15) is 22.8 Å². The maximum atomic E-state index is 12.4. The van der Waals surface area contributed by atoms with Crippen LogP contribution in [0.4, 0.5) is 5.69 Å². The average Bonchev–Trinajstić information content (AvgIpc) is 2.50. The van der Waals surface area contributed by atoms with E-state index in [4.69, 9.17) is 9.47 Å².